The zero-order chi connectivity index (χ0) is 11.8. The Morgan fingerprint density at radius 2 is 1.80 bits per heavy atom. The molecule has 0 aliphatic heterocycles. The Balaban J connectivity index is 4.26. The van der Waals surface area contributed by atoms with Crippen molar-refractivity contribution in [1.82, 2.24) is 0 Å². The summed E-state index contributed by atoms with van der Waals surface area (Å²) in [6.07, 6.45) is 4.10. The van der Waals surface area contributed by atoms with Crippen molar-refractivity contribution in [3.8, 4) is 0 Å². The van der Waals surface area contributed by atoms with Gasteiger partial charge in [0.2, 0.25) is 0 Å². The van der Waals surface area contributed by atoms with E-state index in [0.29, 0.717) is 6.61 Å². The van der Waals surface area contributed by atoms with E-state index in [0.717, 1.165) is 24.0 Å². The molecular formula is C13H22O2. The molecule has 2 heteroatoms. The minimum Gasteiger partial charge on any atom is -0.463 e. The van der Waals surface area contributed by atoms with Gasteiger partial charge in [0.1, 0.15) is 0 Å². The predicted octanol–water partition coefficient (Wildman–Crippen LogP) is 3.63. The highest BCUT2D eigenvalue weighted by Crippen LogP contribution is 2.12. The molecule has 0 radical (unpaired) electrons. The fourth-order valence-corrected chi connectivity index (χ4v) is 1.18. The van der Waals surface area contributed by atoms with Crippen molar-refractivity contribution < 1.29 is 9.53 Å². The number of allylic oxidation sites excluding steroid dienone is 3. The molecule has 0 aromatic carbocycles. The SMILES string of the molecule is CCOC(=O)/C(C)=C(\C)CCC=C(C)C. The van der Waals surface area contributed by atoms with E-state index in [1.165, 1.54) is 5.57 Å². The first-order chi connectivity index (χ1) is 6.99. The van der Waals surface area contributed by atoms with Crippen molar-refractivity contribution in [3.63, 3.8) is 0 Å². The molecule has 0 aromatic heterocycles. The van der Waals surface area contributed by atoms with Gasteiger partial charge in [0.25, 0.3) is 0 Å². The summed E-state index contributed by atoms with van der Waals surface area (Å²) in [6.45, 7) is 10.2. The first-order valence-electron chi connectivity index (χ1n) is 5.45. The first kappa shape index (κ1) is 13.9. The Morgan fingerprint density at radius 1 is 1.20 bits per heavy atom. The summed E-state index contributed by atoms with van der Waals surface area (Å²) in [5.74, 6) is -0.188. The maximum atomic E-state index is 11.4. The average molecular weight is 210 g/mol. The number of carbonyl (C=O) groups excluding carboxylic acids is 1. The van der Waals surface area contributed by atoms with Crippen LogP contribution in [-0.2, 0) is 9.53 Å². The van der Waals surface area contributed by atoms with Crippen LogP contribution in [-0.4, -0.2) is 12.6 Å². The second-order valence-electron chi connectivity index (χ2n) is 3.95. The normalized spacial score (nSPS) is 11.8. The zero-order valence-corrected chi connectivity index (χ0v) is 10.5. The van der Waals surface area contributed by atoms with Gasteiger partial charge in [-0.3, -0.25) is 0 Å². The molecule has 0 unspecified atom stereocenters. The van der Waals surface area contributed by atoms with Gasteiger partial charge in [-0.1, -0.05) is 17.2 Å². The van der Waals surface area contributed by atoms with Crippen molar-refractivity contribution in [2.45, 2.75) is 47.5 Å². The molecule has 0 spiro atoms. The summed E-state index contributed by atoms with van der Waals surface area (Å²) in [5.41, 5.74) is 3.18. The highest BCUT2D eigenvalue weighted by Gasteiger charge is 2.07. The third-order valence-electron chi connectivity index (χ3n) is 2.29. The number of ether oxygens (including phenoxy) is 1. The lowest BCUT2D eigenvalue weighted by Gasteiger charge is -2.06. The van der Waals surface area contributed by atoms with Crippen molar-refractivity contribution in [2.24, 2.45) is 0 Å². The van der Waals surface area contributed by atoms with E-state index in [1.807, 2.05) is 20.8 Å². The molecule has 0 aromatic rings. The standard InChI is InChI=1S/C13H22O2/c1-6-15-13(14)12(5)11(4)9-7-8-10(2)3/h8H,6-7,9H2,1-5H3/b12-11+. The second kappa shape index (κ2) is 7.27. The van der Waals surface area contributed by atoms with Crippen LogP contribution in [0.25, 0.3) is 0 Å². The van der Waals surface area contributed by atoms with Gasteiger partial charge in [0.05, 0.1) is 6.61 Å². The molecule has 0 fully saturated rings. The van der Waals surface area contributed by atoms with Crippen molar-refractivity contribution in [2.75, 3.05) is 6.61 Å². The number of hydrogen-bond donors (Lipinski definition) is 0. The molecule has 0 aliphatic carbocycles. The minimum atomic E-state index is -0.188. The Kier molecular flexibility index (Phi) is 6.76. The summed E-state index contributed by atoms with van der Waals surface area (Å²) in [4.78, 5) is 11.4. The summed E-state index contributed by atoms with van der Waals surface area (Å²) >= 11 is 0. The molecule has 86 valence electrons. The summed E-state index contributed by atoms with van der Waals surface area (Å²) < 4.78 is 4.94. The highest BCUT2D eigenvalue weighted by atomic mass is 16.5. The zero-order valence-electron chi connectivity index (χ0n) is 10.5. The third-order valence-corrected chi connectivity index (χ3v) is 2.29. The maximum absolute atomic E-state index is 11.4. The molecule has 0 saturated carbocycles. The predicted molar refractivity (Wildman–Crippen MR) is 63.7 cm³/mol. The van der Waals surface area contributed by atoms with Gasteiger partial charge in [0.15, 0.2) is 0 Å². The second-order valence-corrected chi connectivity index (χ2v) is 3.95. The topological polar surface area (TPSA) is 26.3 Å². The van der Waals surface area contributed by atoms with Gasteiger partial charge < -0.3 is 4.74 Å². The third kappa shape index (κ3) is 6.10. The van der Waals surface area contributed by atoms with Crippen LogP contribution >= 0.6 is 0 Å². The smallest absolute Gasteiger partial charge is 0.333 e. The molecule has 15 heavy (non-hydrogen) atoms. The molecule has 2 nitrogen and oxygen atoms in total. The van der Waals surface area contributed by atoms with E-state index in [1.54, 1.807) is 0 Å². The van der Waals surface area contributed by atoms with Crippen LogP contribution in [0.4, 0.5) is 0 Å². The molecule has 0 rings (SSSR count). The molecular weight excluding hydrogens is 188 g/mol. The van der Waals surface area contributed by atoms with Gasteiger partial charge in [0, 0.05) is 5.57 Å². The van der Waals surface area contributed by atoms with E-state index in [-0.39, 0.29) is 5.97 Å². The Hall–Kier alpha value is -1.05. The van der Waals surface area contributed by atoms with E-state index in [2.05, 4.69) is 19.9 Å². The fraction of sp³-hybridized carbons (Fsp3) is 0.615. The quantitative estimate of drug-likeness (QED) is 0.393. The van der Waals surface area contributed by atoms with Crippen LogP contribution in [0.3, 0.4) is 0 Å². The Morgan fingerprint density at radius 3 is 2.27 bits per heavy atom. The lowest BCUT2D eigenvalue weighted by Crippen LogP contribution is -2.06. The summed E-state index contributed by atoms with van der Waals surface area (Å²) in [7, 11) is 0. The fourth-order valence-electron chi connectivity index (χ4n) is 1.18. The largest absolute Gasteiger partial charge is 0.463 e. The van der Waals surface area contributed by atoms with Gasteiger partial charge in [-0.15, -0.1) is 0 Å². The lowest BCUT2D eigenvalue weighted by atomic mass is 10.1. The Labute approximate surface area is 93.0 Å². The monoisotopic (exact) mass is 210 g/mol. The minimum absolute atomic E-state index is 0.188. The van der Waals surface area contributed by atoms with E-state index in [4.69, 9.17) is 4.74 Å². The van der Waals surface area contributed by atoms with E-state index in [9.17, 15) is 4.79 Å². The average Bonchev–Trinajstić information content (AvgIpc) is 2.16. The van der Waals surface area contributed by atoms with Gasteiger partial charge in [-0.2, -0.15) is 0 Å². The van der Waals surface area contributed by atoms with E-state index < -0.39 is 0 Å². The van der Waals surface area contributed by atoms with E-state index >= 15 is 0 Å². The van der Waals surface area contributed by atoms with Crippen LogP contribution in [0.5, 0.6) is 0 Å². The van der Waals surface area contributed by atoms with Gasteiger partial charge in [-0.25, -0.2) is 4.79 Å². The lowest BCUT2D eigenvalue weighted by molar-refractivity contribution is -0.138. The van der Waals surface area contributed by atoms with Crippen LogP contribution in [0.2, 0.25) is 0 Å². The van der Waals surface area contributed by atoms with Crippen LogP contribution in [0.1, 0.15) is 47.5 Å². The van der Waals surface area contributed by atoms with Crippen LogP contribution in [0, 0.1) is 0 Å². The summed E-state index contributed by atoms with van der Waals surface area (Å²) in [6, 6.07) is 0. The molecule has 0 bridgehead atoms. The molecule has 0 heterocycles. The number of esters is 1. The Bertz CT molecular complexity index is 268. The highest BCUT2D eigenvalue weighted by molar-refractivity contribution is 5.88. The number of carbonyl (C=O) groups is 1. The molecule has 0 amide bonds. The van der Waals surface area contributed by atoms with Crippen molar-refractivity contribution in [3.05, 3.63) is 22.8 Å². The molecule has 0 atom stereocenters. The van der Waals surface area contributed by atoms with Gasteiger partial charge in [-0.05, 0) is 47.5 Å². The van der Waals surface area contributed by atoms with Crippen molar-refractivity contribution >= 4 is 5.97 Å². The van der Waals surface area contributed by atoms with Crippen LogP contribution < -0.4 is 0 Å². The molecule has 0 aliphatic rings. The first-order valence-corrected chi connectivity index (χ1v) is 5.45. The van der Waals surface area contributed by atoms with Crippen molar-refractivity contribution in [1.29, 1.82) is 0 Å². The number of hydrogen-bond acceptors (Lipinski definition) is 2. The molecule has 0 saturated heterocycles. The summed E-state index contributed by atoms with van der Waals surface area (Å²) in [5, 5.41) is 0. The van der Waals surface area contributed by atoms with Gasteiger partial charge >= 0.3 is 5.97 Å². The number of rotatable bonds is 5. The molecule has 0 N–H and O–H groups in total. The van der Waals surface area contributed by atoms with Crippen LogP contribution in [0.15, 0.2) is 22.8 Å². The maximum Gasteiger partial charge on any atom is 0.333 e.